The molecule has 0 amide bonds. The fourth-order valence-electron chi connectivity index (χ4n) is 10.8. The summed E-state index contributed by atoms with van der Waals surface area (Å²) >= 11 is 0. The number of nitrogens with zero attached hydrogens (tertiary/aromatic N) is 1. The molecule has 1 heterocycles. The van der Waals surface area contributed by atoms with Gasteiger partial charge < -0.3 is 4.57 Å². The average Bonchev–Trinajstić information content (AvgIpc) is 3.90. The van der Waals surface area contributed by atoms with Gasteiger partial charge in [0, 0.05) is 28.5 Å². The van der Waals surface area contributed by atoms with E-state index in [4.69, 9.17) is 0 Å². The first-order valence-corrected chi connectivity index (χ1v) is 19.0. The molecule has 1 aromatic heterocycles. The number of aryl methyl sites for hydroxylation is 1. The standard InChI is InChI=1S/C48H47N/c1-29-21-26-43-46(44(29)45-35(30(2)31-13-5-6-14-31)24-22-32-15-7-9-17-36(32)45)40-27-33-16-8-10-18-37(33)47(40)49(43)34-23-25-39-38-19-11-12-20-41(38)48(3,4)42(39)28-34/h8-12,16-21,23,25-26,28,30-31H,5-7,13-15,22,24,27H2,1-4H3. The molecule has 0 radical (unpaired) electrons. The molecule has 1 nitrogen and oxygen atoms in total. The molecule has 49 heavy (non-hydrogen) atoms. The topological polar surface area (TPSA) is 4.93 Å². The molecule has 0 aliphatic heterocycles. The number of fused-ring (bicyclic) bond motifs is 8. The lowest BCUT2D eigenvalue weighted by Crippen LogP contribution is -2.17. The first-order valence-electron chi connectivity index (χ1n) is 19.0. The largest absolute Gasteiger partial charge is 0.309 e. The van der Waals surface area contributed by atoms with E-state index in [9.17, 15) is 0 Å². The van der Waals surface area contributed by atoms with Crippen molar-refractivity contribution in [1.82, 2.24) is 4.57 Å². The summed E-state index contributed by atoms with van der Waals surface area (Å²) in [5, 5.41) is 1.49. The molecule has 244 valence electrons. The van der Waals surface area contributed by atoms with Crippen LogP contribution in [0.5, 0.6) is 0 Å². The zero-order valence-electron chi connectivity index (χ0n) is 29.6. The van der Waals surface area contributed by atoms with E-state index in [-0.39, 0.29) is 5.41 Å². The van der Waals surface area contributed by atoms with Crippen LogP contribution in [0.1, 0.15) is 106 Å². The van der Waals surface area contributed by atoms with Crippen LogP contribution in [0, 0.1) is 18.8 Å². The van der Waals surface area contributed by atoms with Gasteiger partial charge in [0.05, 0.1) is 11.2 Å². The number of hydrogen-bond donors (Lipinski definition) is 0. The Morgan fingerprint density at radius 1 is 0.796 bits per heavy atom. The molecule has 0 spiro atoms. The summed E-state index contributed by atoms with van der Waals surface area (Å²) in [5.41, 5.74) is 23.6. The van der Waals surface area contributed by atoms with Crippen LogP contribution < -0.4 is 0 Å². The van der Waals surface area contributed by atoms with Crippen molar-refractivity contribution in [2.45, 2.75) is 90.9 Å². The lowest BCUT2D eigenvalue weighted by molar-refractivity contribution is 0.406. The van der Waals surface area contributed by atoms with Crippen molar-refractivity contribution in [3.8, 4) is 28.1 Å². The molecule has 4 aromatic carbocycles. The van der Waals surface area contributed by atoms with Gasteiger partial charge in [-0.25, -0.2) is 0 Å². The van der Waals surface area contributed by atoms with Gasteiger partial charge in [-0.2, -0.15) is 0 Å². The zero-order valence-corrected chi connectivity index (χ0v) is 29.6. The van der Waals surface area contributed by atoms with Crippen molar-refractivity contribution in [3.05, 3.63) is 141 Å². The third-order valence-electron chi connectivity index (χ3n) is 13.4. The van der Waals surface area contributed by atoms with Gasteiger partial charge in [0.1, 0.15) is 0 Å². The summed E-state index contributed by atoms with van der Waals surface area (Å²) in [6, 6.07) is 30.4. The summed E-state index contributed by atoms with van der Waals surface area (Å²) in [5.74, 6) is 1.45. The van der Waals surface area contributed by atoms with Gasteiger partial charge in [-0.05, 0) is 131 Å². The van der Waals surface area contributed by atoms with Crippen LogP contribution in [-0.4, -0.2) is 4.57 Å². The Hall–Kier alpha value is -4.36. The normalized spacial score (nSPS) is 19.7. The van der Waals surface area contributed by atoms with Crippen LogP contribution in [0.15, 0.2) is 108 Å². The van der Waals surface area contributed by atoms with Gasteiger partial charge >= 0.3 is 0 Å². The Balaban J connectivity index is 1.27. The number of allylic oxidation sites excluding steroid dienone is 6. The second kappa shape index (κ2) is 10.8. The van der Waals surface area contributed by atoms with E-state index >= 15 is 0 Å². The molecule has 1 atom stereocenters. The Morgan fingerprint density at radius 2 is 1.57 bits per heavy atom. The van der Waals surface area contributed by atoms with Crippen LogP contribution in [-0.2, 0) is 11.8 Å². The van der Waals surface area contributed by atoms with E-state index in [2.05, 4.69) is 123 Å². The molecule has 0 bridgehead atoms. The van der Waals surface area contributed by atoms with Crippen LogP contribution in [0.3, 0.4) is 0 Å². The highest BCUT2D eigenvalue weighted by Gasteiger charge is 2.38. The number of benzene rings is 4. The minimum absolute atomic E-state index is 0.0396. The number of rotatable bonds is 4. The minimum atomic E-state index is -0.0396. The first-order chi connectivity index (χ1) is 23.9. The molecule has 1 fully saturated rings. The fraction of sp³-hybridized carbons (Fsp3) is 0.333. The van der Waals surface area contributed by atoms with Crippen molar-refractivity contribution >= 4 is 16.5 Å². The van der Waals surface area contributed by atoms with Crippen molar-refractivity contribution in [2.75, 3.05) is 0 Å². The average molecular weight is 638 g/mol. The third kappa shape index (κ3) is 4.17. The Morgan fingerprint density at radius 3 is 2.43 bits per heavy atom. The summed E-state index contributed by atoms with van der Waals surface area (Å²) in [7, 11) is 0. The monoisotopic (exact) mass is 637 g/mol. The molecule has 5 aliphatic rings. The minimum Gasteiger partial charge on any atom is -0.309 e. The maximum Gasteiger partial charge on any atom is 0.0579 e. The number of hydrogen-bond acceptors (Lipinski definition) is 0. The lowest BCUT2D eigenvalue weighted by atomic mass is 9.71. The van der Waals surface area contributed by atoms with Gasteiger partial charge in [0.2, 0.25) is 0 Å². The van der Waals surface area contributed by atoms with E-state index < -0.39 is 0 Å². The fourth-order valence-corrected chi connectivity index (χ4v) is 10.8. The van der Waals surface area contributed by atoms with Crippen molar-refractivity contribution in [2.24, 2.45) is 11.8 Å². The second-order valence-corrected chi connectivity index (χ2v) is 16.2. The van der Waals surface area contributed by atoms with Crippen LogP contribution in [0.2, 0.25) is 0 Å². The molecule has 1 unspecified atom stereocenters. The zero-order chi connectivity index (χ0) is 33.0. The van der Waals surface area contributed by atoms with Crippen LogP contribution >= 0.6 is 0 Å². The smallest absolute Gasteiger partial charge is 0.0579 e. The van der Waals surface area contributed by atoms with E-state index in [0.717, 1.165) is 12.3 Å². The van der Waals surface area contributed by atoms with Crippen LogP contribution in [0.4, 0.5) is 0 Å². The number of aromatic nitrogens is 1. The highest BCUT2D eigenvalue weighted by atomic mass is 15.0. The Bertz CT molecular complexity index is 2310. The quantitative estimate of drug-likeness (QED) is 0.181. The van der Waals surface area contributed by atoms with E-state index in [1.165, 1.54) is 124 Å². The molecule has 5 aliphatic carbocycles. The lowest BCUT2D eigenvalue weighted by Gasteiger charge is -2.33. The van der Waals surface area contributed by atoms with Gasteiger partial charge in [0.15, 0.2) is 0 Å². The summed E-state index contributed by atoms with van der Waals surface area (Å²) < 4.78 is 2.65. The Labute approximate surface area is 292 Å². The van der Waals surface area contributed by atoms with Gasteiger partial charge in [-0.3, -0.25) is 0 Å². The second-order valence-electron chi connectivity index (χ2n) is 16.2. The van der Waals surface area contributed by atoms with Crippen LogP contribution in [0.25, 0.3) is 44.5 Å². The van der Waals surface area contributed by atoms with E-state index in [1.807, 2.05) is 0 Å². The highest BCUT2D eigenvalue weighted by Crippen LogP contribution is 2.54. The Kier molecular flexibility index (Phi) is 6.52. The van der Waals surface area contributed by atoms with Gasteiger partial charge in [-0.1, -0.05) is 118 Å². The van der Waals surface area contributed by atoms with Gasteiger partial charge in [0.25, 0.3) is 0 Å². The predicted octanol–water partition coefficient (Wildman–Crippen LogP) is 12.8. The van der Waals surface area contributed by atoms with E-state index in [1.54, 1.807) is 22.3 Å². The molecule has 1 heteroatoms. The highest BCUT2D eigenvalue weighted by molar-refractivity contribution is 6.07. The summed E-state index contributed by atoms with van der Waals surface area (Å²) in [4.78, 5) is 0. The van der Waals surface area contributed by atoms with Crippen molar-refractivity contribution in [1.29, 1.82) is 0 Å². The molecule has 0 N–H and O–H groups in total. The molecule has 1 saturated carbocycles. The van der Waals surface area contributed by atoms with Crippen molar-refractivity contribution < 1.29 is 0 Å². The molecule has 10 rings (SSSR count). The van der Waals surface area contributed by atoms with E-state index in [0.29, 0.717) is 5.92 Å². The van der Waals surface area contributed by atoms with Crippen molar-refractivity contribution in [3.63, 3.8) is 0 Å². The molecular formula is C48H47N. The summed E-state index contributed by atoms with van der Waals surface area (Å²) in [6.45, 7) is 9.78. The predicted molar refractivity (Wildman–Crippen MR) is 206 cm³/mol. The third-order valence-corrected chi connectivity index (χ3v) is 13.4. The first kappa shape index (κ1) is 29.5. The SMILES string of the molecule is Cc1ccc2c(c3c(n2-c2ccc4c(c2)C(C)(C)c2ccccc2-4)-c2ccccc2C3)c1C1=C(C(C)C2CCCC2)CCC2=C1C=CCC2. The molecular weight excluding hydrogens is 591 g/mol. The summed E-state index contributed by atoms with van der Waals surface area (Å²) in [6.07, 6.45) is 16.4. The molecule has 0 saturated heterocycles. The maximum atomic E-state index is 2.65. The molecule has 5 aromatic rings. The maximum absolute atomic E-state index is 2.65. The van der Waals surface area contributed by atoms with Gasteiger partial charge in [-0.15, -0.1) is 0 Å².